The summed E-state index contributed by atoms with van der Waals surface area (Å²) in [5, 5.41) is 9.32. The van der Waals surface area contributed by atoms with E-state index >= 15 is 0 Å². The molecule has 0 bridgehead atoms. The molecule has 1 aromatic heterocycles. The average molecular weight is 506 g/mol. The first kappa shape index (κ1) is 22.9. The van der Waals surface area contributed by atoms with Gasteiger partial charge in [0.1, 0.15) is 0 Å². The van der Waals surface area contributed by atoms with Crippen molar-refractivity contribution in [3.8, 4) is 0 Å². The van der Waals surface area contributed by atoms with Crippen LogP contribution in [0.3, 0.4) is 0 Å². The lowest BCUT2D eigenvalue weighted by Gasteiger charge is -2.36. The Bertz CT molecular complexity index is 557. The van der Waals surface area contributed by atoms with Crippen LogP contribution in [0, 0.1) is 5.92 Å². The minimum absolute atomic E-state index is 0. The van der Waals surface area contributed by atoms with E-state index in [1.165, 1.54) is 50.2 Å². The van der Waals surface area contributed by atoms with Crippen LogP contribution in [-0.4, -0.2) is 68.6 Å². The molecule has 5 nitrogen and oxygen atoms in total. The first-order valence-corrected chi connectivity index (χ1v) is 11.0. The Balaban J connectivity index is 0.00000261. The zero-order chi connectivity index (χ0) is 18.4. The third kappa shape index (κ3) is 6.58. The summed E-state index contributed by atoms with van der Waals surface area (Å²) in [5.41, 5.74) is 0. The van der Waals surface area contributed by atoms with Crippen molar-refractivity contribution in [2.75, 3.05) is 46.8 Å². The number of hydrogen-bond donors (Lipinski definition) is 2. The minimum atomic E-state index is 0. The highest BCUT2D eigenvalue weighted by atomic mass is 127. The Morgan fingerprint density at radius 2 is 2.04 bits per heavy atom. The molecule has 2 unspecified atom stereocenters. The molecule has 1 aromatic rings. The van der Waals surface area contributed by atoms with E-state index in [1.807, 2.05) is 18.4 Å². The molecule has 0 radical (unpaired) electrons. The van der Waals surface area contributed by atoms with Gasteiger partial charge in [0.05, 0.1) is 6.04 Å². The van der Waals surface area contributed by atoms with Crippen molar-refractivity contribution < 1.29 is 0 Å². The molecule has 2 aliphatic heterocycles. The third-order valence-electron chi connectivity index (χ3n) is 5.99. The molecule has 3 rings (SSSR count). The number of aliphatic imine (C=N–C) groups is 1. The number of hydrogen-bond acceptors (Lipinski definition) is 4. The molecule has 154 valence electrons. The largest absolute Gasteiger partial charge is 0.355 e. The number of nitrogens with zero attached hydrogens (tertiary/aromatic N) is 3. The van der Waals surface area contributed by atoms with Crippen LogP contribution >= 0.6 is 35.3 Å². The first-order chi connectivity index (χ1) is 12.7. The quantitative estimate of drug-likeness (QED) is 0.354. The number of halogens is 1. The summed E-state index contributed by atoms with van der Waals surface area (Å²) in [7, 11) is 4.09. The van der Waals surface area contributed by atoms with Gasteiger partial charge in [0.15, 0.2) is 5.96 Å². The Labute approximate surface area is 186 Å². The van der Waals surface area contributed by atoms with E-state index in [2.05, 4.69) is 56.9 Å². The van der Waals surface area contributed by atoms with Crippen LogP contribution in [0.5, 0.6) is 0 Å². The second-order valence-electron chi connectivity index (χ2n) is 7.86. The Hall–Kier alpha value is -0.380. The number of piperidine rings is 1. The summed E-state index contributed by atoms with van der Waals surface area (Å²) in [6.07, 6.45) is 5.21. The van der Waals surface area contributed by atoms with Gasteiger partial charge in [-0.2, -0.15) is 0 Å². The maximum absolute atomic E-state index is 4.45. The molecule has 0 saturated carbocycles. The smallest absolute Gasteiger partial charge is 0.191 e. The molecule has 0 spiro atoms. The minimum Gasteiger partial charge on any atom is -0.355 e. The van der Waals surface area contributed by atoms with Gasteiger partial charge in [-0.05, 0) is 69.7 Å². The highest BCUT2D eigenvalue weighted by Gasteiger charge is 2.26. The Morgan fingerprint density at radius 3 is 2.63 bits per heavy atom. The van der Waals surface area contributed by atoms with Gasteiger partial charge < -0.3 is 15.5 Å². The molecule has 2 atom stereocenters. The van der Waals surface area contributed by atoms with Crippen LogP contribution in [0.25, 0.3) is 0 Å². The lowest BCUT2D eigenvalue weighted by Crippen LogP contribution is -2.47. The number of guanidine groups is 1. The molecule has 7 heteroatoms. The average Bonchev–Trinajstić information content (AvgIpc) is 3.31. The van der Waals surface area contributed by atoms with E-state index in [4.69, 9.17) is 0 Å². The highest BCUT2D eigenvalue weighted by Crippen LogP contribution is 2.29. The molecular weight excluding hydrogens is 469 g/mol. The van der Waals surface area contributed by atoms with Gasteiger partial charge in [-0.1, -0.05) is 13.0 Å². The van der Waals surface area contributed by atoms with Crippen LogP contribution < -0.4 is 10.6 Å². The molecule has 2 aliphatic rings. The van der Waals surface area contributed by atoms with Gasteiger partial charge in [0.2, 0.25) is 0 Å². The van der Waals surface area contributed by atoms with E-state index in [0.717, 1.165) is 25.0 Å². The molecule has 2 fully saturated rings. The van der Waals surface area contributed by atoms with Gasteiger partial charge >= 0.3 is 0 Å². The molecular formula is C20H36IN5S. The number of likely N-dealkylation sites (N-methyl/N-ethyl adjacent to an activating group) is 1. The second kappa shape index (κ2) is 11.6. The fourth-order valence-corrected chi connectivity index (χ4v) is 4.96. The summed E-state index contributed by atoms with van der Waals surface area (Å²) in [5.74, 6) is 1.79. The topological polar surface area (TPSA) is 42.9 Å². The van der Waals surface area contributed by atoms with Crippen LogP contribution in [0.4, 0.5) is 0 Å². The van der Waals surface area contributed by atoms with E-state index < -0.39 is 0 Å². The standard InChI is InChI=1S/C20H35N5S.HI/c1-16-8-11-25(12-9-16)18(19-7-5-13-26-19)15-23-20(21-2)22-14-17-6-4-10-24(17)3;/h5,7,13,16-18H,4,6,8-12,14-15H2,1-3H3,(H2,21,22,23);1H. The third-order valence-corrected chi connectivity index (χ3v) is 6.97. The summed E-state index contributed by atoms with van der Waals surface area (Å²) < 4.78 is 0. The zero-order valence-electron chi connectivity index (χ0n) is 17.0. The SMILES string of the molecule is CN=C(NCC1CCCN1C)NCC(c1cccs1)N1CCC(C)CC1.I. The summed E-state index contributed by atoms with van der Waals surface area (Å²) in [4.78, 5) is 11.0. The molecule has 0 aromatic carbocycles. The maximum Gasteiger partial charge on any atom is 0.191 e. The molecule has 3 heterocycles. The van der Waals surface area contributed by atoms with E-state index in [0.29, 0.717) is 12.1 Å². The summed E-state index contributed by atoms with van der Waals surface area (Å²) >= 11 is 1.87. The van der Waals surface area contributed by atoms with Crippen molar-refractivity contribution in [2.24, 2.45) is 10.9 Å². The normalized spacial score (nSPS) is 23.8. The zero-order valence-corrected chi connectivity index (χ0v) is 20.1. The molecule has 27 heavy (non-hydrogen) atoms. The first-order valence-electron chi connectivity index (χ1n) is 10.1. The van der Waals surface area contributed by atoms with Gasteiger partial charge in [0.25, 0.3) is 0 Å². The summed E-state index contributed by atoms with van der Waals surface area (Å²) in [6, 6.07) is 5.52. The second-order valence-corrected chi connectivity index (χ2v) is 8.84. The van der Waals surface area contributed by atoms with Crippen LogP contribution in [-0.2, 0) is 0 Å². The maximum atomic E-state index is 4.45. The van der Waals surface area contributed by atoms with Crippen molar-refractivity contribution in [2.45, 2.75) is 44.7 Å². The van der Waals surface area contributed by atoms with Crippen LogP contribution in [0.2, 0.25) is 0 Å². The lowest BCUT2D eigenvalue weighted by atomic mass is 9.97. The predicted molar refractivity (Wildman–Crippen MR) is 127 cm³/mol. The van der Waals surface area contributed by atoms with E-state index in [-0.39, 0.29) is 24.0 Å². The van der Waals surface area contributed by atoms with Gasteiger partial charge in [-0.15, -0.1) is 35.3 Å². The molecule has 0 amide bonds. The summed E-state index contributed by atoms with van der Waals surface area (Å²) in [6.45, 7) is 7.87. The predicted octanol–water partition coefficient (Wildman–Crippen LogP) is 3.40. The van der Waals surface area contributed by atoms with Crippen LogP contribution in [0.1, 0.15) is 43.5 Å². The van der Waals surface area contributed by atoms with Crippen molar-refractivity contribution in [3.05, 3.63) is 22.4 Å². The van der Waals surface area contributed by atoms with Crippen molar-refractivity contribution in [1.82, 2.24) is 20.4 Å². The number of nitrogens with one attached hydrogen (secondary N) is 2. The van der Waals surface area contributed by atoms with E-state index in [9.17, 15) is 0 Å². The monoisotopic (exact) mass is 505 g/mol. The number of rotatable bonds is 6. The van der Waals surface area contributed by atoms with Gasteiger partial charge in [-0.3, -0.25) is 9.89 Å². The van der Waals surface area contributed by atoms with E-state index in [1.54, 1.807) is 0 Å². The van der Waals surface area contributed by atoms with Gasteiger partial charge in [0, 0.05) is 31.1 Å². The van der Waals surface area contributed by atoms with Crippen LogP contribution in [0.15, 0.2) is 22.5 Å². The molecule has 0 aliphatic carbocycles. The highest BCUT2D eigenvalue weighted by molar-refractivity contribution is 14.0. The number of thiophene rings is 1. The molecule has 2 saturated heterocycles. The fraction of sp³-hybridized carbons (Fsp3) is 0.750. The van der Waals surface area contributed by atoms with Crippen molar-refractivity contribution >= 4 is 41.3 Å². The Morgan fingerprint density at radius 1 is 1.26 bits per heavy atom. The molecule has 2 N–H and O–H groups in total. The van der Waals surface area contributed by atoms with Crippen molar-refractivity contribution in [1.29, 1.82) is 0 Å². The number of likely N-dealkylation sites (tertiary alicyclic amines) is 2. The Kier molecular flexibility index (Phi) is 9.82. The lowest BCUT2D eigenvalue weighted by molar-refractivity contribution is 0.140. The van der Waals surface area contributed by atoms with Crippen molar-refractivity contribution in [3.63, 3.8) is 0 Å². The van der Waals surface area contributed by atoms with Gasteiger partial charge in [-0.25, -0.2) is 0 Å². The fourth-order valence-electron chi connectivity index (χ4n) is 4.10.